The number of carbonyl (C=O) groups is 1. The number of rotatable bonds is 10. The molecule has 0 aromatic carbocycles. The maximum Gasteiger partial charge on any atom is 0.237 e. The molecule has 1 aliphatic rings. The van der Waals surface area contributed by atoms with E-state index in [1.54, 1.807) is 0 Å². The van der Waals surface area contributed by atoms with Crippen LogP contribution in [0.1, 0.15) is 47.0 Å². The Balaban J connectivity index is 2.68. The van der Waals surface area contributed by atoms with Crippen LogP contribution in [-0.4, -0.2) is 66.6 Å². The van der Waals surface area contributed by atoms with E-state index in [1.807, 2.05) is 6.92 Å². The Morgan fingerprint density at radius 3 is 2.29 bits per heavy atom. The van der Waals surface area contributed by atoms with Crippen molar-refractivity contribution in [1.29, 1.82) is 0 Å². The standard InChI is InChI=1S/C16H34N4O/c1-7-20(13(3)11-19(5)6)12(2)10-16(4,15(17)21)18-14-8-9-14/h12-14,18H,7-11H2,1-6H3,(H2,17,21). The van der Waals surface area contributed by atoms with E-state index >= 15 is 0 Å². The maximum absolute atomic E-state index is 11.9. The molecule has 3 unspecified atom stereocenters. The van der Waals surface area contributed by atoms with Crippen molar-refractivity contribution >= 4 is 5.91 Å². The van der Waals surface area contributed by atoms with Gasteiger partial charge in [0.25, 0.3) is 0 Å². The second kappa shape index (κ2) is 7.56. The van der Waals surface area contributed by atoms with Gasteiger partial charge in [-0.3, -0.25) is 9.69 Å². The Morgan fingerprint density at radius 1 is 1.33 bits per heavy atom. The Morgan fingerprint density at radius 2 is 1.90 bits per heavy atom. The summed E-state index contributed by atoms with van der Waals surface area (Å²) in [4.78, 5) is 16.6. The lowest BCUT2D eigenvalue weighted by Gasteiger charge is -2.39. The first-order valence-corrected chi connectivity index (χ1v) is 8.17. The Bertz CT molecular complexity index is 343. The summed E-state index contributed by atoms with van der Waals surface area (Å²) in [5.74, 6) is -0.238. The van der Waals surface area contributed by atoms with Crippen molar-refractivity contribution in [3.63, 3.8) is 0 Å². The van der Waals surface area contributed by atoms with E-state index in [0.717, 1.165) is 32.4 Å². The molecular weight excluding hydrogens is 264 g/mol. The lowest BCUT2D eigenvalue weighted by atomic mass is 9.91. The van der Waals surface area contributed by atoms with Gasteiger partial charge in [0.05, 0.1) is 5.54 Å². The van der Waals surface area contributed by atoms with Crippen molar-refractivity contribution in [2.45, 2.75) is 70.6 Å². The van der Waals surface area contributed by atoms with Crippen LogP contribution in [0.4, 0.5) is 0 Å². The van der Waals surface area contributed by atoms with Crippen molar-refractivity contribution in [3.8, 4) is 0 Å². The number of nitrogens with one attached hydrogen (secondary N) is 1. The molecule has 5 nitrogen and oxygen atoms in total. The molecule has 124 valence electrons. The number of primary amides is 1. The zero-order chi connectivity index (χ0) is 16.2. The van der Waals surface area contributed by atoms with E-state index in [2.05, 4.69) is 50.0 Å². The molecule has 3 N–H and O–H groups in total. The Labute approximate surface area is 130 Å². The van der Waals surface area contributed by atoms with Crippen LogP contribution >= 0.6 is 0 Å². The highest BCUT2D eigenvalue weighted by molar-refractivity contribution is 5.84. The fourth-order valence-corrected chi connectivity index (χ4v) is 3.31. The van der Waals surface area contributed by atoms with E-state index in [4.69, 9.17) is 5.73 Å². The van der Waals surface area contributed by atoms with E-state index in [9.17, 15) is 4.79 Å². The largest absolute Gasteiger partial charge is 0.368 e. The van der Waals surface area contributed by atoms with Crippen molar-refractivity contribution in [2.75, 3.05) is 27.2 Å². The van der Waals surface area contributed by atoms with Crippen molar-refractivity contribution in [3.05, 3.63) is 0 Å². The SMILES string of the molecule is CCN(C(C)CN(C)C)C(C)CC(C)(NC1CC1)C(N)=O. The maximum atomic E-state index is 11.9. The Kier molecular flexibility index (Phi) is 6.63. The number of amides is 1. The van der Waals surface area contributed by atoms with Gasteiger partial charge in [-0.05, 0) is 60.7 Å². The van der Waals surface area contributed by atoms with E-state index in [0.29, 0.717) is 18.1 Å². The first-order chi connectivity index (χ1) is 9.69. The number of carbonyl (C=O) groups excluding carboxylic acids is 1. The third-order valence-electron chi connectivity index (χ3n) is 4.47. The zero-order valence-corrected chi connectivity index (χ0v) is 14.6. The molecule has 1 saturated carbocycles. The molecule has 1 rings (SSSR count). The molecule has 1 amide bonds. The zero-order valence-electron chi connectivity index (χ0n) is 14.6. The minimum Gasteiger partial charge on any atom is -0.368 e. The first-order valence-electron chi connectivity index (χ1n) is 8.17. The van der Waals surface area contributed by atoms with Gasteiger partial charge in [0.15, 0.2) is 0 Å². The fraction of sp³-hybridized carbons (Fsp3) is 0.938. The monoisotopic (exact) mass is 298 g/mol. The van der Waals surface area contributed by atoms with Crippen LogP contribution in [0.5, 0.6) is 0 Å². The summed E-state index contributed by atoms with van der Waals surface area (Å²) in [6.07, 6.45) is 3.07. The molecule has 21 heavy (non-hydrogen) atoms. The van der Waals surface area contributed by atoms with Crippen LogP contribution in [0.3, 0.4) is 0 Å². The van der Waals surface area contributed by atoms with E-state index in [1.165, 1.54) is 0 Å². The van der Waals surface area contributed by atoms with E-state index < -0.39 is 5.54 Å². The molecule has 5 heteroatoms. The summed E-state index contributed by atoms with van der Waals surface area (Å²) in [7, 11) is 4.19. The van der Waals surface area contributed by atoms with Gasteiger partial charge in [-0.15, -0.1) is 0 Å². The summed E-state index contributed by atoms with van der Waals surface area (Å²) in [5, 5.41) is 3.44. The topological polar surface area (TPSA) is 61.6 Å². The molecule has 0 aromatic rings. The highest BCUT2D eigenvalue weighted by atomic mass is 16.1. The Hall–Kier alpha value is -0.650. The molecule has 3 atom stereocenters. The number of likely N-dealkylation sites (N-methyl/N-ethyl adjacent to an activating group) is 2. The van der Waals surface area contributed by atoms with Gasteiger partial charge in [0, 0.05) is 24.7 Å². The van der Waals surface area contributed by atoms with Crippen LogP contribution in [-0.2, 0) is 4.79 Å². The average Bonchev–Trinajstić information content (AvgIpc) is 3.11. The lowest BCUT2D eigenvalue weighted by Crippen LogP contribution is -2.58. The molecule has 0 radical (unpaired) electrons. The summed E-state index contributed by atoms with van der Waals surface area (Å²) in [5.41, 5.74) is 5.06. The molecule has 0 heterocycles. The van der Waals surface area contributed by atoms with Crippen molar-refractivity contribution < 1.29 is 4.79 Å². The average molecular weight is 298 g/mol. The van der Waals surface area contributed by atoms with Gasteiger partial charge < -0.3 is 16.0 Å². The second-order valence-corrected chi connectivity index (χ2v) is 7.11. The minimum atomic E-state index is -0.605. The summed E-state index contributed by atoms with van der Waals surface area (Å²) in [6, 6.07) is 1.25. The summed E-state index contributed by atoms with van der Waals surface area (Å²) < 4.78 is 0. The van der Waals surface area contributed by atoms with Crippen LogP contribution < -0.4 is 11.1 Å². The third-order valence-corrected chi connectivity index (χ3v) is 4.47. The molecular formula is C16H34N4O. The number of hydrogen-bond donors (Lipinski definition) is 2. The van der Waals surface area contributed by atoms with Gasteiger partial charge in [-0.2, -0.15) is 0 Å². The number of nitrogens with two attached hydrogens (primary N) is 1. The highest BCUT2D eigenvalue weighted by Gasteiger charge is 2.39. The van der Waals surface area contributed by atoms with Crippen LogP contribution in [0.15, 0.2) is 0 Å². The third kappa shape index (κ3) is 5.57. The van der Waals surface area contributed by atoms with Crippen LogP contribution in [0, 0.1) is 0 Å². The molecule has 0 aromatic heterocycles. The molecule has 0 spiro atoms. The molecule has 1 fully saturated rings. The van der Waals surface area contributed by atoms with E-state index in [-0.39, 0.29) is 5.91 Å². The minimum absolute atomic E-state index is 0.238. The predicted molar refractivity (Wildman–Crippen MR) is 88.2 cm³/mol. The molecule has 1 aliphatic carbocycles. The van der Waals surface area contributed by atoms with Gasteiger partial charge >= 0.3 is 0 Å². The number of hydrogen-bond acceptors (Lipinski definition) is 4. The van der Waals surface area contributed by atoms with Gasteiger partial charge in [0.1, 0.15) is 0 Å². The van der Waals surface area contributed by atoms with Crippen LogP contribution in [0.25, 0.3) is 0 Å². The molecule has 0 bridgehead atoms. The molecule has 0 saturated heterocycles. The molecule has 0 aliphatic heterocycles. The van der Waals surface area contributed by atoms with Crippen molar-refractivity contribution in [2.24, 2.45) is 5.73 Å². The predicted octanol–water partition coefficient (Wildman–Crippen LogP) is 1.03. The second-order valence-electron chi connectivity index (χ2n) is 7.11. The van der Waals surface area contributed by atoms with Gasteiger partial charge in [-0.25, -0.2) is 0 Å². The smallest absolute Gasteiger partial charge is 0.237 e. The summed E-state index contributed by atoms with van der Waals surface area (Å²) >= 11 is 0. The van der Waals surface area contributed by atoms with Gasteiger partial charge in [-0.1, -0.05) is 6.92 Å². The normalized spacial score (nSPS) is 21.3. The fourth-order valence-electron chi connectivity index (χ4n) is 3.31. The lowest BCUT2D eigenvalue weighted by molar-refractivity contribution is -0.124. The number of nitrogens with zero attached hydrogens (tertiary/aromatic N) is 2. The summed E-state index contributed by atoms with van der Waals surface area (Å²) in [6.45, 7) is 10.6. The van der Waals surface area contributed by atoms with Crippen molar-refractivity contribution in [1.82, 2.24) is 15.1 Å². The first kappa shape index (κ1) is 18.4. The highest BCUT2D eigenvalue weighted by Crippen LogP contribution is 2.26. The quantitative estimate of drug-likeness (QED) is 0.632. The van der Waals surface area contributed by atoms with Gasteiger partial charge in [0.2, 0.25) is 5.91 Å². The van der Waals surface area contributed by atoms with Crippen LogP contribution in [0.2, 0.25) is 0 Å².